The topological polar surface area (TPSA) is 17.1 Å². The molecule has 0 unspecified atom stereocenters. The SMILES string of the molecule is CCCC[N+](C)(CCCC)CCCC.O=C(c1ccccc1)c1ccccc1.[Br-]. The normalized spacial score (nSPS) is 10.5. The predicted octanol–water partition coefficient (Wildman–Crippen LogP) is 3.75. The van der Waals surface area contributed by atoms with E-state index in [9.17, 15) is 4.79 Å². The molecule has 0 bridgehead atoms. The van der Waals surface area contributed by atoms with Gasteiger partial charge < -0.3 is 21.5 Å². The first kappa shape index (κ1) is 27.5. The molecule has 0 aliphatic heterocycles. The third-order valence-electron chi connectivity index (χ3n) is 5.23. The lowest BCUT2D eigenvalue weighted by Crippen LogP contribution is -3.00. The Morgan fingerprint density at radius 2 is 0.966 bits per heavy atom. The van der Waals surface area contributed by atoms with E-state index in [4.69, 9.17) is 0 Å². The molecule has 0 atom stereocenters. The number of unbranched alkanes of at least 4 members (excludes halogenated alkanes) is 3. The second kappa shape index (κ2) is 16.4. The summed E-state index contributed by atoms with van der Waals surface area (Å²) in [6, 6.07) is 18.6. The van der Waals surface area contributed by atoms with Crippen LogP contribution >= 0.6 is 0 Å². The van der Waals surface area contributed by atoms with Crippen molar-refractivity contribution < 1.29 is 26.3 Å². The van der Waals surface area contributed by atoms with E-state index in [1.54, 1.807) is 0 Å². The predicted molar refractivity (Wildman–Crippen MR) is 122 cm³/mol. The molecule has 0 aliphatic rings. The highest BCUT2D eigenvalue weighted by atomic mass is 79.9. The first-order valence-electron chi connectivity index (χ1n) is 11.0. The van der Waals surface area contributed by atoms with Crippen LogP contribution in [0.5, 0.6) is 0 Å². The molecule has 0 fully saturated rings. The maximum Gasteiger partial charge on any atom is 0.193 e. The fourth-order valence-electron chi connectivity index (χ4n) is 3.30. The number of quaternary nitrogens is 1. The lowest BCUT2D eigenvalue weighted by molar-refractivity contribution is -0.910. The van der Waals surface area contributed by atoms with Gasteiger partial charge in [0.25, 0.3) is 0 Å². The zero-order valence-electron chi connectivity index (χ0n) is 18.9. The molecule has 0 saturated carbocycles. The van der Waals surface area contributed by atoms with Gasteiger partial charge in [-0.1, -0.05) is 101 Å². The lowest BCUT2D eigenvalue weighted by Gasteiger charge is -2.34. The molecule has 2 aromatic carbocycles. The molecule has 0 aromatic heterocycles. The van der Waals surface area contributed by atoms with Gasteiger partial charge >= 0.3 is 0 Å². The van der Waals surface area contributed by atoms with Crippen molar-refractivity contribution in [1.82, 2.24) is 0 Å². The Kier molecular flexibility index (Phi) is 15.5. The molecule has 0 heterocycles. The molecule has 2 rings (SSSR count). The molecule has 29 heavy (non-hydrogen) atoms. The summed E-state index contributed by atoms with van der Waals surface area (Å²) in [4.78, 5) is 11.8. The van der Waals surface area contributed by atoms with Gasteiger partial charge in [0.05, 0.1) is 26.7 Å². The maximum absolute atomic E-state index is 11.8. The Hall–Kier alpha value is -1.45. The van der Waals surface area contributed by atoms with Crippen molar-refractivity contribution in [2.45, 2.75) is 59.3 Å². The maximum atomic E-state index is 11.8. The van der Waals surface area contributed by atoms with Crippen molar-refractivity contribution in [2.75, 3.05) is 26.7 Å². The van der Waals surface area contributed by atoms with Crippen LogP contribution in [0.1, 0.15) is 75.2 Å². The second-order valence-corrected chi connectivity index (χ2v) is 7.91. The second-order valence-electron chi connectivity index (χ2n) is 7.91. The molecule has 0 N–H and O–H groups in total. The van der Waals surface area contributed by atoms with Crippen molar-refractivity contribution in [3.05, 3.63) is 71.8 Å². The van der Waals surface area contributed by atoms with E-state index in [0.29, 0.717) is 0 Å². The molecule has 0 amide bonds. The molecule has 3 heteroatoms. The van der Waals surface area contributed by atoms with E-state index in [2.05, 4.69) is 27.8 Å². The van der Waals surface area contributed by atoms with Crippen LogP contribution in [-0.2, 0) is 0 Å². The summed E-state index contributed by atoms with van der Waals surface area (Å²) < 4.78 is 1.32. The fourth-order valence-corrected chi connectivity index (χ4v) is 3.30. The molecule has 2 nitrogen and oxygen atoms in total. The number of hydrogen-bond acceptors (Lipinski definition) is 1. The van der Waals surface area contributed by atoms with Crippen molar-refractivity contribution in [3.63, 3.8) is 0 Å². The largest absolute Gasteiger partial charge is 1.00 e. The highest BCUT2D eigenvalue weighted by molar-refractivity contribution is 6.08. The summed E-state index contributed by atoms with van der Waals surface area (Å²) >= 11 is 0. The summed E-state index contributed by atoms with van der Waals surface area (Å²) in [7, 11) is 2.45. The zero-order chi connectivity index (χ0) is 20.7. The van der Waals surface area contributed by atoms with Crippen LogP contribution in [0.25, 0.3) is 0 Å². The molecule has 162 valence electrons. The standard InChI is InChI=1S/C13H30N.C13H10O.BrH/c1-5-8-11-14(4,12-9-6-2)13-10-7-3;14-13(11-7-3-1-4-8-11)12-9-5-2-6-10-12;/h5-13H2,1-4H3;1-10H;1H/q+1;;/p-1. The smallest absolute Gasteiger partial charge is 0.193 e. The summed E-state index contributed by atoms with van der Waals surface area (Å²) in [6.45, 7) is 11.0. The van der Waals surface area contributed by atoms with Gasteiger partial charge in [0.1, 0.15) is 0 Å². The highest BCUT2D eigenvalue weighted by Crippen LogP contribution is 2.11. The third kappa shape index (κ3) is 11.3. The summed E-state index contributed by atoms with van der Waals surface area (Å²) in [5.74, 6) is 0.0752. The van der Waals surface area contributed by atoms with Crippen LogP contribution in [0.15, 0.2) is 60.7 Å². The van der Waals surface area contributed by atoms with Gasteiger partial charge in [-0.15, -0.1) is 0 Å². The van der Waals surface area contributed by atoms with Crippen molar-refractivity contribution in [1.29, 1.82) is 0 Å². The first-order chi connectivity index (χ1) is 13.6. The van der Waals surface area contributed by atoms with Gasteiger partial charge in [-0.05, 0) is 19.3 Å². The summed E-state index contributed by atoms with van der Waals surface area (Å²) in [5, 5.41) is 0. The Morgan fingerprint density at radius 1 is 0.655 bits per heavy atom. The van der Waals surface area contributed by atoms with Gasteiger partial charge in [-0.3, -0.25) is 4.79 Å². The van der Waals surface area contributed by atoms with Crippen molar-refractivity contribution >= 4 is 5.78 Å². The van der Waals surface area contributed by atoms with Crippen LogP contribution in [0, 0.1) is 0 Å². The van der Waals surface area contributed by atoms with Crippen LogP contribution in [0.2, 0.25) is 0 Å². The van der Waals surface area contributed by atoms with E-state index in [1.165, 1.54) is 62.6 Å². The Labute approximate surface area is 189 Å². The average molecular weight is 463 g/mol. The summed E-state index contributed by atoms with van der Waals surface area (Å²) in [5.41, 5.74) is 1.47. The van der Waals surface area contributed by atoms with E-state index in [0.717, 1.165) is 11.1 Å². The Balaban J connectivity index is 0.000000523. The first-order valence-corrected chi connectivity index (χ1v) is 11.0. The molecule has 0 radical (unpaired) electrons. The highest BCUT2D eigenvalue weighted by Gasteiger charge is 2.18. The fraction of sp³-hybridized carbons (Fsp3) is 0.500. The van der Waals surface area contributed by atoms with Crippen LogP contribution in [0.3, 0.4) is 0 Å². The Morgan fingerprint density at radius 3 is 1.24 bits per heavy atom. The molecular weight excluding hydrogens is 422 g/mol. The minimum absolute atomic E-state index is 0. The van der Waals surface area contributed by atoms with E-state index >= 15 is 0 Å². The van der Waals surface area contributed by atoms with Gasteiger partial charge in [-0.2, -0.15) is 0 Å². The number of carbonyl (C=O) groups is 1. The minimum atomic E-state index is 0. The van der Waals surface area contributed by atoms with Crippen molar-refractivity contribution in [2.24, 2.45) is 0 Å². The third-order valence-corrected chi connectivity index (χ3v) is 5.23. The number of nitrogens with zero attached hydrogens (tertiary/aromatic N) is 1. The van der Waals surface area contributed by atoms with Crippen molar-refractivity contribution in [3.8, 4) is 0 Å². The average Bonchev–Trinajstić information content (AvgIpc) is 2.76. The Bertz CT molecular complexity index is 579. The summed E-state index contributed by atoms with van der Waals surface area (Å²) in [6.07, 6.45) is 8.20. The van der Waals surface area contributed by atoms with Crippen LogP contribution in [-0.4, -0.2) is 36.9 Å². The lowest BCUT2D eigenvalue weighted by atomic mass is 10.0. The van der Waals surface area contributed by atoms with Gasteiger partial charge in [0.2, 0.25) is 0 Å². The molecule has 0 spiro atoms. The number of ketones is 1. The number of hydrogen-bond donors (Lipinski definition) is 0. The molecule has 2 aromatic rings. The molecular formula is C26H40BrNO. The zero-order valence-corrected chi connectivity index (χ0v) is 20.5. The van der Waals surface area contributed by atoms with E-state index in [1.807, 2.05) is 60.7 Å². The van der Waals surface area contributed by atoms with Gasteiger partial charge in [0, 0.05) is 11.1 Å². The molecule has 0 aliphatic carbocycles. The van der Waals surface area contributed by atoms with Crippen LogP contribution in [0.4, 0.5) is 0 Å². The minimum Gasteiger partial charge on any atom is -1.00 e. The van der Waals surface area contributed by atoms with Gasteiger partial charge in [0.15, 0.2) is 5.78 Å². The monoisotopic (exact) mass is 461 g/mol. The number of carbonyl (C=O) groups excluding carboxylic acids is 1. The van der Waals surface area contributed by atoms with E-state index in [-0.39, 0.29) is 22.8 Å². The number of rotatable bonds is 11. The quantitative estimate of drug-likeness (QED) is 0.367. The number of benzene rings is 2. The van der Waals surface area contributed by atoms with Gasteiger partial charge in [-0.25, -0.2) is 0 Å². The van der Waals surface area contributed by atoms with Crippen LogP contribution < -0.4 is 17.0 Å². The van der Waals surface area contributed by atoms with E-state index < -0.39 is 0 Å². The molecule has 0 saturated heterocycles. The number of halogens is 1.